The molecule has 0 saturated carbocycles. The molecule has 202 valence electrons. The number of amides is 1. The number of hydrogen-bond donors (Lipinski definition) is 1. The summed E-state index contributed by atoms with van der Waals surface area (Å²) in [5.74, 6) is -0.848. The Kier molecular flexibility index (Phi) is 8.37. The van der Waals surface area contributed by atoms with Crippen molar-refractivity contribution < 1.29 is 22.3 Å². The Labute approximate surface area is 231 Å². The highest BCUT2D eigenvalue weighted by Crippen LogP contribution is 2.34. The van der Waals surface area contributed by atoms with Gasteiger partial charge in [-0.1, -0.05) is 41.9 Å². The topological polar surface area (TPSA) is 93.0 Å². The predicted octanol–water partition coefficient (Wildman–Crippen LogP) is 5.24. The van der Waals surface area contributed by atoms with E-state index in [0.717, 1.165) is 10.00 Å². The molecular formula is C28H26ClFN4O4S. The highest BCUT2D eigenvalue weighted by Gasteiger charge is 2.29. The normalized spacial score (nSPS) is 11.5. The first-order valence-corrected chi connectivity index (χ1v) is 13.6. The molecule has 4 aromatic rings. The van der Waals surface area contributed by atoms with E-state index in [4.69, 9.17) is 16.3 Å². The largest absolute Gasteiger partial charge is 0.495 e. The van der Waals surface area contributed by atoms with Crippen LogP contribution >= 0.6 is 11.6 Å². The second-order valence-electron chi connectivity index (χ2n) is 8.55. The number of sulfonamides is 1. The van der Waals surface area contributed by atoms with Gasteiger partial charge in [-0.3, -0.25) is 9.10 Å². The van der Waals surface area contributed by atoms with E-state index in [1.165, 1.54) is 43.7 Å². The number of ether oxygens (including phenoxy) is 1. The van der Waals surface area contributed by atoms with E-state index < -0.39 is 22.5 Å². The van der Waals surface area contributed by atoms with Gasteiger partial charge in [0.1, 0.15) is 18.1 Å². The molecule has 0 unspecified atom stereocenters. The maximum atomic E-state index is 14.4. The molecule has 1 N–H and O–H groups in total. The summed E-state index contributed by atoms with van der Waals surface area (Å²) in [6.45, 7) is 3.04. The lowest BCUT2D eigenvalue weighted by molar-refractivity contribution is -0.119. The number of hydrogen-bond acceptors (Lipinski definition) is 5. The molecule has 8 nitrogen and oxygen atoms in total. The number of aryl methyl sites for hydroxylation is 1. The minimum absolute atomic E-state index is 0.0103. The molecule has 11 heteroatoms. The zero-order valence-corrected chi connectivity index (χ0v) is 23.0. The monoisotopic (exact) mass is 568 g/mol. The molecule has 0 aliphatic heterocycles. The van der Waals surface area contributed by atoms with Crippen LogP contribution in [0.5, 0.6) is 5.75 Å². The molecule has 0 aliphatic rings. The van der Waals surface area contributed by atoms with Gasteiger partial charge in [0.2, 0.25) is 0 Å². The fourth-order valence-electron chi connectivity index (χ4n) is 4.14. The third-order valence-corrected chi connectivity index (χ3v) is 7.99. The second-order valence-corrected chi connectivity index (χ2v) is 10.8. The van der Waals surface area contributed by atoms with Gasteiger partial charge < -0.3 is 9.30 Å². The highest BCUT2D eigenvalue weighted by atomic mass is 35.5. The molecule has 4 rings (SSSR count). The number of carbonyl (C=O) groups is 1. The number of para-hydroxylation sites is 1. The van der Waals surface area contributed by atoms with Crippen LogP contribution in [0.2, 0.25) is 5.02 Å². The van der Waals surface area contributed by atoms with Crippen LogP contribution in [0.1, 0.15) is 17.0 Å². The van der Waals surface area contributed by atoms with Crippen LogP contribution in [-0.2, 0) is 14.8 Å². The average Bonchev–Trinajstić information content (AvgIpc) is 3.20. The van der Waals surface area contributed by atoms with Crippen LogP contribution in [0.4, 0.5) is 10.1 Å². The first-order chi connectivity index (χ1) is 18.6. The van der Waals surface area contributed by atoms with Crippen molar-refractivity contribution >= 4 is 39.4 Å². The number of benzene rings is 3. The predicted molar refractivity (Wildman–Crippen MR) is 150 cm³/mol. The van der Waals surface area contributed by atoms with Crippen molar-refractivity contribution in [2.45, 2.75) is 18.7 Å². The molecule has 0 radical (unpaired) electrons. The Balaban J connectivity index is 1.60. The van der Waals surface area contributed by atoms with Crippen molar-refractivity contribution in [2.24, 2.45) is 5.10 Å². The van der Waals surface area contributed by atoms with Crippen molar-refractivity contribution in [1.82, 2.24) is 9.99 Å². The number of hydrazone groups is 1. The Morgan fingerprint density at radius 3 is 2.46 bits per heavy atom. The summed E-state index contributed by atoms with van der Waals surface area (Å²) in [6, 6.07) is 20.4. The summed E-state index contributed by atoms with van der Waals surface area (Å²) < 4.78 is 49.5. The quantitative estimate of drug-likeness (QED) is 0.221. The minimum Gasteiger partial charge on any atom is -0.495 e. The highest BCUT2D eigenvalue weighted by molar-refractivity contribution is 7.92. The Morgan fingerprint density at radius 1 is 1.08 bits per heavy atom. The van der Waals surface area contributed by atoms with E-state index in [9.17, 15) is 17.6 Å². The van der Waals surface area contributed by atoms with Crippen LogP contribution in [0.3, 0.4) is 0 Å². The summed E-state index contributed by atoms with van der Waals surface area (Å²) in [5.41, 5.74) is 5.02. The lowest BCUT2D eigenvalue weighted by Gasteiger charge is -2.25. The first kappa shape index (κ1) is 27.9. The van der Waals surface area contributed by atoms with Gasteiger partial charge in [0, 0.05) is 22.0 Å². The lowest BCUT2D eigenvalue weighted by Crippen LogP contribution is -2.39. The van der Waals surface area contributed by atoms with Gasteiger partial charge in [-0.05, 0) is 62.4 Å². The molecule has 0 aliphatic carbocycles. The van der Waals surface area contributed by atoms with Crippen molar-refractivity contribution in [2.75, 3.05) is 18.0 Å². The molecule has 0 saturated heterocycles. The number of rotatable bonds is 9. The number of aromatic nitrogens is 1. The Hall–Kier alpha value is -4.15. The van der Waals surface area contributed by atoms with Gasteiger partial charge in [-0.2, -0.15) is 5.10 Å². The first-order valence-electron chi connectivity index (χ1n) is 11.8. The van der Waals surface area contributed by atoms with E-state index in [1.807, 2.05) is 13.8 Å². The van der Waals surface area contributed by atoms with Crippen LogP contribution in [0, 0.1) is 19.7 Å². The smallest absolute Gasteiger partial charge is 0.264 e. The third kappa shape index (κ3) is 5.97. The summed E-state index contributed by atoms with van der Waals surface area (Å²) in [7, 11) is -2.79. The number of halogens is 2. The third-order valence-electron chi connectivity index (χ3n) is 5.98. The number of nitrogens with one attached hydrogen (secondary N) is 1. The van der Waals surface area contributed by atoms with Gasteiger partial charge in [-0.15, -0.1) is 0 Å². The molecule has 0 spiro atoms. The zero-order valence-electron chi connectivity index (χ0n) is 21.4. The molecule has 1 aromatic heterocycles. The van der Waals surface area contributed by atoms with E-state index in [0.29, 0.717) is 16.9 Å². The summed E-state index contributed by atoms with van der Waals surface area (Å²) in [4.78, 5) is 12.9. The van der Waals surface area contributed by atoms with Crippen molar-refractivity contribution in [3.63, 3.8) is 0 Å². The van der Waals surface area contributed by atoms with Gasteiger partial charge in [-0.25, -0.2) is 18.2 Å². The molecular weight excluding hydrogens is 543 g/mol. The van der Waals surface area contributed by atoms with Crippen molar-refractivity contribution in [3.8, 4) is 11.4 Å². The standard InChI is InChI=1S/C28H26ClFN4O4S/c1-19-15-21(20(2)34(19)25-12-8-7-11-24(25)30)17-31-32-28(35)18-33(26-16-22(29)13-14-27(26)38-3)39(36,37)23-9-5-4-6-10-23/h4-17H,18H2,1-3H3,(H,32,35)/b31-17+. The van der Waals surface area contributed by atoms with Crippen LogP contribution in [0.15, 0.2) is 88.9 Å². The van der Waals surface area contributed by atoms with Gasteiger partial charge in [0.05, 0.1) is 29.6 Å². The van der Waals surface area contributed by atoms with E-state index in [-0.39, 0.29) is 27.2 Å². The van der Waals surface area contributed by atoms with Crippen LogP contribution < -0.4 is 14.5 Å². The molecule has 1 amide bonds. The SMILES string of the molecule is COc1ccc(Cl)cc1N(CC(=O)N/N=C/c1cc(C)n(-c2ccccc2F)c1C)S(=O)(=O)c1ccccc1. The van der Waals surface area contributed by atoms with Gasteiger partial charge in [0.25, 0.3) is 15.9 Å². The molecule has 0 fully saturated rings. The van der Waals surface area contributed by atoms with E-state index >= 15 is 0 Å². The minimum atomic E-state index is -4.18. The summed E-state index contributed by atoms with van der Waals surface area (Å²) in [6.07, 6.45) is 1.42. The zero-order chi connectivity index (χ0) is 28.2. The van der Waals surface area contributed by atoms with Gasteiger partial charge >= 0.3 is 0 Å². The molecule has 1 heterocycles. The van der Waals surface area contributed by atoms with Crippen LogP contribution in [-0.4, -0.2) is 38.8 Å². The summed E-state index contributed by atoms with van der Waals surface area (Å²) >= 11 is 6.16. The van der Waals surface area contributed by atoms with Crippen molar-refractivity contribution in [3.05, 3.63) is 107 Å². The summed E-state index contributed by atoms with van der Waals surface area (Å²) in [5, 5.41) is 4.29. The van der Waals surface area contributed by atoms with Gasteiger partial charge in [0.15, 0.2) is 0 Å². The fourth-order valence-corrected chi connectivity index (χ4v) is 5.75. The molecule has 39 heavy (non-hydrogen) atoms. The average molecular weight is 569 g/mol. The van der Waals surface area contributed by atoms with E-state index in [1.54, 1.807) is 53.1 Å². The Morgan fingerprint density at radius 2 is 1.77 bits per heavy atom. The van der Waals surface area contributed by atoms with Crippen molar-refractivity contribution in [1.29, 1.82) is 0 Å². The number of carbonyl (C=O) groups excluding carboxylic acids is 1. The van der Waals surface area contributed by atoms with E-state index in [2.05, 4.69) is 10.5 Å². The molecule has 0 bridgehead atoms. The molecule has 3 aromatic carbocycles. The second kappa shape index (κ2) is 11.7. The molecule has 0 atom stereocenters. The number of nitrogens with zero attached hydrogens (tertiary/aromatic N) is 3. The Bertz CT molecular complexity index is 1640. The lowest BCUT2D eigenvalue weighted by atomic mass is 10.2. The maximum absolute atomic E-state index is 14.4. The number of anilines is 1. The maximum Gasteiger partial charge on any atom is 0.264 e. The fraction of sp³-hybridized carbons (Fsp3) is 0.143. The van der Waals surface area contributed by atoms with Crippen LogP contribution in [0.25, 0.3) is 5.69 Å². The number of methoxy groups -OCH3 is 1.